The summed E-state index contributed by atoms with van der Waals surface area (Å²) in [6.45, 7) is 0.557. The third-order valence-electron chi connectivity index (χ3n) is 2.37. The van der Waals surface area contributed by atoms with Gasteiger partial charge in [0.15, 0.2) is 0 Å². The number of nitrogens with two attached hydrogens (primary N) is 2. The van der Waals surface area contributed by atoms with Crippen molar-refractivity contribution >= 4 is 15.9 Å². The summed E-state index contributed by atoms with van der Waals surface area (Å²) in [4.78, 5) is 0. The maximum Gasteiger partial charge on any atom is 0.137 e. The van der Waals surface area contributed by atoms with Crippen LogP contribution in [0.2, 0.25) is 0 Å². The van der Waals surface area contributed by atoms with E-state index in [9.17, 15) is 0 Å². The van der Waals surface area contributed by atoms with Gasteiger partial charge in [0, 0.05) is 6.04 Å². The van der Waals surface area contributed by atoms with E-state index in [2.05, 4.69) is 15.9 Å². The Morgan fingerprint density at radius 3 is 2.12 bits per heavy atom. The average molecular weight is 289 g/mol. The van der Waals surface area contributed by atoms with Crippen molar-refractivity contribution in [2.45, 2.75) is 12.5 Å². The fraction of sp³-hybridized carbons (Fsp3) is 0.455. The van der Waals surface area contributed by atoms with Gasteiger partial charge in [-0.3, -0.25) is 0 Å². The van der Waals surface area contributed by atoms with Crippen LogP contribution < -0.4 is 20.9 Å². The highest BCUT2D eigenvalue weighted by atomic mass is 79.9. The molecule has 4 nitrogen and oxygen atoms in total. The van der Waals surface area contributed by atoms with E-state index in [-0.39, 0.29) is 6.04 Å². The van der Waals surface area contributed by atoms with Crippen molar-refractivity contribution in [3.05, 3.63) is 22.2 Å². The lowest BCUT2D eigenvalue weighted by Crippen LogP contribution is -2.15. The topological polar surface area (TPSA) is 70.5 Å². The Morgan fingerprint density at radius 2 is 1.75 bits per heavy atom. The molecule has 90 valence electrons. The molecule has 1 aromatic rings. The van der Waals surface area contributed by atoms with Gasteiger partial charge in [0.05, 0.1) is 14.2 Å². The van der Waals surface area contributed by atoms with Crippen molar-refractivity contribution in [3.8, 4) is 11.5 Å². The summed E-state index contributed by atoms with van der Waals surface area (Å²) >= 11 is 3.41. The molecule has 0 heterocycles. The lowest BCUT2D eigenvalue weighted by molar-refractivity contribution is 0.387. The first-order valence-corrected chi connectivity index (χ1v) is 5.80. The second-order valence-corrected chi connectivity index (χ2v) is 4.22. The number of halogens is 1. The van der Waals surface area contributed by atoms with E-state index < -0.39 is 0 Å². The van der Waals surface area contributed by atoms with Crippen LogP contribution in [-0.2, 0) is 0 Å². The second-order valence-electron chi connectivity index (χ2n) is 3.42. The molecule has 0 aromatic heterocycles. The quantitative estimate of drug-likeness (QED) is 0.867. The summed E-state index contributed by atoms with van der Waals surface area (Å²) < 4.78 is 11.3. The smallest absolute Gasteiger partial charge is 0.137 e. The number of methoxy groups -OCH3 is 2. The Hall–Kier alpha value is -0.780. The van der Waals surface area contributed by atoms with Crippen molar-refractivity contribution in [1.29, 1.82) is 0 Å². The molecule has 4 N–H and O–H groups in total. The zero-order valence-corrected chi connectivity index (χ0v) is 11.1. The molecular weight excluding hydrogens is 272 g/mol. The first-order chi connectivity index (χ1) is 7.63. The molecule has 0 aliphatic heterocycles. The number of hydrogen-bond acceptors (Lipinski definition) is 4. The summed E-state index contributed by atoms with van der Waals surface area (Å²) in [5, 5.41) is 0. The number of benzene rings is 1. The SMILES string of the molecule is COc1cc([C@H](N)CCN)cc(OC)c1Br. The van der Waals surface area contributed by atoms with Crippen LogP contribution in [0.5, 0.6) is 11.5 Å². The minimum absolute atomic E-state index is 0.0964. The summed E-state index contributed by atoms with van der Waals surface area (Å²) in [5.41, 5.74) is 12.4. The Kier molecular flexibility index (Phi) is 5.05. The molecule has 1 atom stereocenters. The summed E-state index contributed by atoms with van der Waals surface area (Å²) in [7, 11) is 3.22. The van der Waals surface area contributed by atoms with Gasteiger partial charge >= 0.3 is 0 Å². The van der Waals surface area contributed by atoms with Gasteiger partial charge < -0.3 is 20.9 Å². The number of hydrogen-bond donors (Lipinski definition) is 2. The Balaban J connectivity index is 3.11. The first kappa shape index (κ1) is 13.3. The molecule has 0 aliphatic rings. The van der Waals surface area contributed by atoms with Gasteiger partial charge in [0.1, 0.15) is 16.0 Å². The molecule has 0 unspecified atom stereocenters. The Labute approximate surface area is 104 Å². The van der Waals surface area contributed by atoms with E-state index in [1.807, 2.05) is 12.1 Å². The van der Waals surface area contributed by atoms with Crippen LogP contribution in [0.25, 0.3) is 0 Å². The fourth-order valence-corrected chi connectivity index (χ4v) is 2.00. The Bertz CT molecular complexity index is 333. The molecule has 1 aromatic carbocycles. The number of rotatable bonds is 5. The van der Waals surface area contributed by atoms with Crippen molar-refractivity contribution in [3.63, 3.8) is 0 Å². The van der Waals surface area contributed by atoms with Crippen molar-refractivity contribution in [2.75, 3.05) is 20.8 Å². The first-order valence-electron chi connectivity index (χ1n) is 5.01. The zero-order valence-electron chi connectivity index (χ0n) is 9.50. The van der Waals surface area contributed by atoms with E-state index in [4.69, 9.17) is 20.9 Å². The van der Waals surface area contributed by atoms with Gasteiger partial charge in [-0.1, -0.05) is 0 Å². The van der Waals surface area contributed by atoms with E-state index in [0.29, 0.717) is 18.0 Å². The van der Waals surface area contributed by atoms with Crippen LogP contribution in [0.3, 0.4) is 0 Å². The molecule has 1 rings (SSSR count). The standard InChI is InChI=1S/C11H17BrN2O2/c1-15-9-5-7(8(14)3-4-13)6-10(16-2)11(9)12/h5-6,8H,3-4,13-14H2,1-2H3/t8-/m1/s1. The lowest BCUT2D eigenvalue weighted by Gasteiger charge is -2.15. The molecule has 0 saturated heterocycles. The van der Waals surface area contributed by atoms with Crippen molar-refractivity contribution in [1.82, 2.24) is 0 Å². The molecule has 0 radical (unpaired) electrons. The van der Waals surface area contributed by atoms with Crippen LogP contribution in [0.4, 0.5) is 0 Å². The fourth-order valence-electron chi connectivity index (χ4n) is 1.45. The van der Waals surface area contributed by atoms with Gasteiger partial charge in [0.2, 0.25) is 0 Å². The molecule has 0 spiro atoms. The van der Waals surface area contributed by atoms with E-state index in [0.717, 1.165) is 16.5 Å². The molecule has 0 aliphatic carbocycles. The highest BCUT2D eigenvalue weighted by Gasteiger charge is 2.13. The van der Waals surface area contributed by atoms with Crippen LogP contribution in [0, 0.1) is 0 Å². The molecular formula is C11H17BrN2O2. The minimum atomic E-state index is -0.0964. The molecule has 0 bridgehead atoms. The predicted molar refractivity (Wildman–Crippen MR) is 67.8 cm³/mol. The van der Waals surface area contributed by atoms with E-state index >= 15 is 0 Å². The van der Waals surface area contributed by atoms with Crippen LogP contribution in [0.1, 0.15) is 18.0 Å². The highest BCUT2D eigenvalue weighted by Crippen LogP contribution is 2.37. The predicted octanol–water partition coefficient (Wildman–Crippen LogP) is 1.81. The maximum absolute atomic E-state index is 6.00. The third kappa shape index (κ3) is 2.87. The maximum atomic E-state index is 6.00. The molecule has 5 heteroatoms. The molecule has 0 fully saturated rings. The van der Waals surface area contributed by atoms with E-state index in [1.54, 1.807) is 14.2 Å². The second kappa shape index (κ2) is 6.08. The lowest BCUT2D eigenvalue weighted by atomic mass is 10.0. The van der Waals surface area contributed by atoms with Crippen LogP contribution >= 0.6 is 15.9 Å². The zero-order chi connectivity index (χ0) is 12.1. The van der Waals surface area contributed by atoms with Crippen LogP contribution in [-0.4, -0.2) is 20.8 Å². The monoisotopic (exact) mass is 288 g/mol. The van der Waals surface area contributed by atoms with Crippen LogP contribution in [0.15, 0.2) is 16.6 Å². The van der Waals surface area contributed by atoms with Crippen molar-refractivity contribution < 1.29 is 9.47 Å². The van der Waals surface area contributed by atoms with Crippen molar-refractivity contribution in [2.24, 2.45) is 11.5 Å². The normalized spacial score (nSPS) is 12.3. The summed E-state index contributed by atoms with van der Waals surface area (Å²) in [6, 6.07) is 3.70. The summed E-state index contributed by atoms with van der Waals surface area (Å²) in [5.74, 6) is 1.42. The van der Waals surface area contributed by atoms with Gasteiger partial charge in [-0.2, -0.15) is 0 Å². The third-order valence-corrected chi connectivity index (χ3v) is 3.16. The molecule has 16 heavy (non-hydrogen) atoms. The summed E-state index contributed by atoms with van der Waals surface area (Å²) in [6.07, 6.45) is 0.730. The van der Waals surface area contributed by atoms with Gasteiger partial charge in [-0.25, -0.2) is 0 Å². The number of ether oxygens (including phenoxy) is 2. The Morgan fingerprint density at radius 1 is 1.25 bits per heavy atom. The minimum Gasteiger partial charge on any atom is -0.495 e. The highest BCUT2D eigenvalue weighted by molar-refractivity contribution is 9.10. The molecule has 0 amide bonds. The van der Waals surface area contributed by atoms with Gasteiger partial charge in [-0.15, -0.1) is 0 Å². The molecule has 0 saturated carbocycles. The van der Waals surface area contributed by atoms with Gasteiger partial charge in [-0.05, 0) is 46.6 Å². The van der Waals surface area contributed by atoms with Gasteiger partial charge in [0.25, 0.3) is 0 Å². The average Bonchev–Trinajstić information content (AvgIpc) is 2.29. The van der Waals surface area contributed by atoms with E-state index in [1.165, 1.54) is 0 Å². The largest absolute Gasteiger partial charge is 0.495 e.